The number of hydrogen-bond donors (Lipinski definition) is 0. The molecule has 0 spiro atoms. The fourth-order valence-electron chi connectivity index (χ4n) is 1.05. The molecule has 0 aliphatic heterocycles. The molecule has 0 fully saturated rings. The van der Waals surface area contributed by atoms with Crippen molar-refractivity contribution in [3.05, 3.63) is 30.3 Å². The normalized spacial score (nSPS) is 9.94. The molecule has 0 aromatic heterocycles. The summed E-state index contributed by atoms with van der Waals surface area (Å²) in [5.41, 5.74) is 0. The summed E-state index contributed by atoms with van der Waals surface area (Å²) in [6.45, 7) is 0. The Morgan fingerprint density at radius 2 is 1.65 bits per heavy atom. The van der Waals surface area contributed by atoms with E-state index in [-0.39, 0.29) is 4.90 Å². The molecule has 0 radical (unpaired) electrons. The van der Waals surface area contributed by atoms with E-state index in [1.807, 2.05) is 44.0 Å². The monoisotopic (exact) mass is 258 g/mol. The van der Waals surface area contributed by atoms with Gasteiger partial charge in [0.2, 0.25) is 6.34 Å². The number of hydrogen-bond acceptors (Lipinski definition) is 3. The van der Waals surface area contributed by atoms with Crippen LogP contribution in [0.1, 0.15) is 0 Å². The Bertz CT molecular complexity index is 449. The van der Waals surface area contributed by atoms with Crippen molar-refractivity contribution >= 4 is 16.5 Å². The van der Waals surface area contributed by atoms with Crippen LogP contribution < -0.4 is 0 Å². The summed E-state index contributed by atoms with van der Waals surface area (Å²) in [5.74, 6) is 0. The fourth-order valence-corrected chi connectivity index (χ4v) is 1.54. The summed E-state index contributed by atoms with van der Waals surface area (Å²) in [6.07, 6.45) is 2.00. The molecule has 0 saturated heterocycles. The minimum absolute atomic E-state index is 0.185. The molecular formula is C11H18N2O3S. The maximum Gasteiger partial charge on any atom is 0.233 e. The minimum Gasteiger partial charge on any atom is -0.744 e. The van der Waals surface area contributed by atoms with Crippen LogP contribution in [0.25, 0.3) is 0 Å². The first kappa shape index (κ1) is 15.6. The van der Waals surface area contributed by atoms with Crippen LogP contribution in [0.5, 0.6) is 0 Å². The van der Waals surface area contributed by atoms with Crippen LogP contribution in [0.4, 0.5) is 0 Å². The second kappa shape index (κ2) is 7.03. The van der Waals surface area contributed by atoms with Crippen LogP contribution >= 0.6 is 0 Å². The highest BCUT2D eigenvalue weighted by molar-refractivity contribution is 7.85. The molecule has 0 bridgehead atoms. The SMILES string of the molecule is CN(C)C=[N+](C)C.O=S(=O)([O-])c1ccccc1. The molecule has 96 valence electrons. The predicted octanol–water partition coefficient (Wildman–Crippen LogP) is 0.439. The molecule has 0 amide bonds. The van der Waals surface area contributed by atoms with E-state index in [1.165, 1.54) is 24.3 Å². The molecule has 17 heavy (non-hydrogen) atoms. The Hall–Kier alpha value is -1.40. The lowest BCUT2D eigenvalue weighted by atomic mass is 10.4. The van der Waals surface area contributed by atoms with Gasteiger partial charge in [0.25, 0.3) is 0 Å². The van der Waals surface area contributed by atoms with Crippen LogP contribution in [0, 0.1) is 0 Å². The molecule has 0 aliphatic carbocycles. The van der Waals surface area contributed by atoms with Gasteiger partial charge in [-0.15, -0.1) is 0 Å². The van der Waals surface area contributed by atoms with Crippen LogP contribution in [-0.2, 0) is 10.1 Å². The zero-order chi connectivity index (χ0) is 13.5. The molecule has 0 atom stereocenters. The first-order valence-corrected chi connectivity index (χ1v) is 6.33. The van der Waals surface area contributed by atoms with E-state index >= 15 is 0 Å². The second-order valence-electron chi connectivity index (χ2n) is 3.81. The molecule has 5 nitrogen and oxygen atoms in total. The highest BCUT2D eigenvalue weighted by Gasteiger charge is 1.95. The van der Waals surface area contributed by atoms with Gasteiger partial charge in [-0.2, -0.15) is 0 Å². The van der Waals surface area contributed by atoms with Crippen LogP contribution in [0.15, 0.2) is 35.2 Å². The molecule has 0 N–H and O–H groups in total. The summed E-state index contributed by atoms with van der Waals surface area (Å²) in [6, 6.07) is 7.19. The third-order valence-corrected chi connectivity index (χ3v) is 2.34. The smallest absolute Gasteiger partial charge is 0.233 e. The van der Waals surface area contributed by atoms with Gasteiger partial charge in [0, 0.05) is 0 Å². The van der Waals surface area contributed by atoms with E-state index in [2.05, 4.69) is 0 Å². The van der Waals surface area contributed by atoms with Crippen molar-refractivity contribution in [3.8, 4) is 0 Å². The lowest BCUT2D eigenvalue weighted by Gasteiger charge is -2.04. The molecule has 0 heterocycles. The Morgan fingerprint density at radius 3 is 1.82 bits per heavy atom. The average Bonchev–Trinajstić information content (AvgIpc) is 2.16. The van der Waals surface area contributed by atoms with Gasteiger partial charge in [-0.3, -0.25) is 9.48 Å². The van der Waals surface area contributed by atoms with Gasteiger partial charge in [0.15, 0.2) is 0 Å². The summed E-state index contributed by atoms with van der Waals surface area (Å²) >= 11 is 0. The van der Waals surface area contributed by atoms with Gasteiger partial charge in [-0.1, -0.05) is 18.2 Å². The summed E-state index contributed by atoms with van der Waals surface area (Å²) in [5, 5.41) is 0. The summed E-state index contributed by atoms with van der Waals surface area (Å²) in [7, 11) is 3.75. The Morgan fingerprint density at radius 1 is 1.18 bits per heavy atom. The van der Waals surface area contributed by atoms with Crippen molar-refractivity contribution in [1.29, 1.82) is 0 Å². The van der Waals surface area contributed by atoms with Gasteiger partial charge in [0.1, 0.15) is 10.1 Å². The van der Waals surface area contributed by atoms with Gasteiger partial charge in [-0.05, 0) is 12.1 Å². The highest BCUT2D eigenvalue weighted by atomic mass is 32.2. The summed E-state index contributed by atoms with van der Waals surface area (Å²) in [4.78, 5) is 1.81. The van der Waals surface area contributed by atoms with Gasteiger partial charge < -0.3 is 4.55 Å². The molecule has 1 rings (SSSR count). The molecule has 0 unspecified atom stereocenters. The Labute approximate surface area is 103 Å². The van der Waals surface area contributed by atoms with Crippen LogP contribution in [0.2, 0.25) is 0 Å². The molecule has 0 saturated carbocycles. The average molecular weight is 258 g/mol. The van der Waals surface area contributed by atoms with E-state index < -0.39 is 10.1 Å². The number of benzene rings is 1. The summed E-state index contributed by atoms with van der Waals surface area (Å²) < 4.78 is 32.8. The first-order valence-electron chi connectivity index (χ1n) is 4.92. The van der Waals surface area contributed by atoms with Crippen molar-refractivity contribution in [2.75, 3.05) is 28.2 Å². The van der Waals surface area contributed by atoms with Crippen molar-refractivity contribution < 1.29 is 17.5 Å². The van der Waals surface area contributed by atoms with Gasteiger partial charge in [-0.25, -0.2) is 8.42 Å². The highest BCUT2D eigenvalue weighted by Crippen LogP contribution is 2.04. The minimum atomic E-state index is -4.25. The zero-order valence-electron chi connectivity index (χ0n) is 10.5. The van der Waals surface area contributed by atoms with E-state index in [0.29, 0.717) is 0 Å². The number of nitrogens with zero attached hydrogens (tertiary/aromatic N) is 2. The number of rotatable bonds is 2. The molecule has 0 aliphatic rings. The third-order valence-electron chi connectivity index (χ3n) is 1.49. The van der Waals surface area contributed by atoms with Crippen molar-refractivity contribution in [3.63, 3.8) is 0 Å². The Balaban J connectivity index is 0.000000325. The molecule has 1 aromatic carbocycles. The van der Waals surface area contributed by atoms with E-state index in [1.54, 1.807) is 6.07 Å². The quantitative estimate of drug-likeness (QED) is 0.334. The molecular weight excluding hydrogens is 240 g/mol. The second-order valence-corrected chi connectivity index (χ2v) is 5.19. The third kappa shape index (κ3) is 8.41. The standard InChI is InChI=1S/C6H6O3S.C5H13N2/c7-10(8,9)6-4-2-1-3-5-6;1-6(2)5-7(3)4/h1-5H,(H,7,8,9);5H,1-4H3/q;+1/p-1. The van der Waals surface area contributed by atoms with Crippen molar-refractivity contribution in [2.24, 2.45) is 0 Å². The lowest BCUT2D eigenvalue weighted by Crippen LogP contribution is -2.15. The zero-order valence-corrected chi connectivity index (χ0v) is 11.3. The lowest BCUT2D eigenvalue weighted by molar-refractivity contribution is -0.464. The van der Waals surface area contributed by atoms with E-state index in [4.69, 9.17) is 0 Å². The largest absolute Gasteiger partial charge is 0.744 e. The van der Waals surface area contributed by atoms with E-state index in [9.17, 15) is 13.0 Å². The predicted molar refractivity (Wildman–Crippen MR) is 66.3 cm³/mol. The fraction of sp³-hybridized carbons (Fsp3) is 0.364. The molecule has 6 heteroatoms. The van der Waals surface area contributed by atoms with Crippen molar-refractivity contribution in [1.82, 2.24) is 4.90 Å². The first-order chi connectivity index (χ1) is 7.73. The Kier molecular flexibility index (Phi) is 6.45. The molecule has 1 aromatic rings. The van der Waals surface area contributed by atoms with Crippen LogP contribution in [-0.4, -0.2) is 57.0 Å². The topological polar surface area (TPSA) is 63.5 Å². The van der Waals surface area contributed by atoms with Crippen LogP contribution in [0.3, 0.4) is 0 Å². The van der Waals surface area contributed by atoms with E-state index in [0.717, 1.165) is 0 Å². The van der Waals surface area contributed by atoms with Gasteiger partial charge >= 0.3 is 0 Å². The maximum absolute atomic E-state index is 10.3. The van der Waals surface area contributed by atoms with Gasteiger partial charge in [0.05, 0.1) is 33.1 Å². The van der Waals surface area contributed by atoms with Crippen molar-refractivity contribution in [2.45, 2.75) is 4.90 Å². The maximum atomic E-state index is 10.3.